The number of carboxylic acids is 1. The number of hydrogen-bond acceptors (Lipinski definition) is 4. The zero-order valence-corrected chi connectivity index (χ0v) is 12.6. The molecular formula is C16H23NO4. The SMILES string of the molecule is CCNC1(C(=O)O)CCCC(Oc2ccc(OC)cc2)C1. The number of aliphatic carboxylic acids is 1. The molecule has 0 spiro atoms. The van der Waals surface area contributed by atoms with Crippen LogP contribution in [0.5, 0.6) is 11.5 Å². The van der Waals surface area contributed by atoms with Gasteiger partial charge >= 0.3 is 5.97 Å². The highest BCUT2D eigenvalue weighted by Gasteiger charge is 2.43. The summed E-state index contributed by atoms with van der Waals surface area (Å²) in [5.74, 6) is 0.740. The quantitative estimate of drug-likeness (QED) is 0.843. The van der Waals surface area contributed by atoms with Gasteiger partial charge in [-0.1, -0.05) is 6.92 Å². The van der Waals surface area contributed by atoms with Crippen LogP contribution in [0.15, 0.2) is 24.3 Å². The smallest absolute Gasteiger partial charge is 0.324 e. The minimum atomic E-state index is -0.857. The minimum Gasteiger partial charge on any atom is -0.497 e. The standard InChI is InChI=1S/C16H23NO4/c1-3-17-16(15(18)19)10-4-5-14(11-16)21-13-8-6-12(20-2)7-9-13/h6-9,14,17H,3-5,10-11H2,1-2H3,(H,18,19). The van der Waals surface area contributed by atoms with Gasteiger partial charge in [-0.15, -0.1) is 0 Å². The zero-order chi connectivity index (χ0) is 15.3. The normalized spacial score (nSPS) is 25.3. The molecule has 0 radical (unpaired) electrons. The third-order valence-electron chi connectivity index (χ3n) is 3.99. The van der Waals surface area contributed by atoms with E-state index in [1.807, 2.05) is 31.2 Å². The summed E-state index contributed by atoms with van der Waals surface area (Å²) in [6, 6.07) is 7.38. The lowest BCUT2D eigenvalue weighted by molar-refractivity contribution is -0.147. The molecule has 1 aromatic rings. The second-order valence-electron chi connectivity index (χ2n) is 5.43. The van der Waals surface area contributed by atoms with Gasteiger partial charge in [-0.3, -0.25) is 4.79 Å². The van der Waals surface area contributed by atoms with E-state index < -0.39 is 11.5 Å². The summed E-state index contributed by atoms with van der Waals surface area (Å²) >= 11 is 0. The van der Waals surface area contributed by atoms with Crippen molar-refractivity contribution in [1.82, 2.24) is 5.32 Å². The van der Waals surface area contributed by atoms with Gasteiger partial charge in [0.2, 0.25) is 0 Å². The number of ether oxygens (including phenoxy) is 2. The fourth-order valence-corrected chi connectivity index (χ4v) is 2.94. The summed E-state index contributed by atoms with van der Waals surface area (Å²) in [6.45, 7) is 2.57. The van der Waals surface area contributed by atoms with Gasteiger partial charge in [-0.2, -0.15) is 0 Å². The first-order valence-corrected chi connectivity index (χ1v) is 7.39. The Balaban J connectivity index is 2.04. The Hall–Kier alpha value is -1.75. The van der Waals surface area contributed by atoms with Crippen LogP contribution >= 0.6 is 0 Å². The predicted molar refractivity (Wildman–Crippen MR) is 79.9 cm³/mol. The first-order chi connectivity index (χ1) is 10.1. The van der Waals surface area contributed by atoms with Crippen molar-refractivity contribution in [1.29, 1.82) is 0 Å². The van der Waals surface area contributed by atoms with Gasteiger partial charge in [-0.05, 0) is 50.1 Å². The molecule has 5 nitrogen and oxygen atoms in total. The Morgan fingerprint density at radius 2 is 2.05 bits per heavy atom. The third kappa shape index (κ3) is 3.67. The molecule has 1 saturated carbocycles. The highest BCUT2D eigenvalue weighted by Crippen LogP contribution is 2.32. The molecule has 0 aromatic heterocycles. The Kier molecular flexibility index (Phi) is 5.07. The van der Waals surface area contributed by atoms with Crippen molar-refractivity contribution >= 4 is 5.97 Å². The molecule has 1 aliphatic rings. The van der Waals surface area contributed by atoms with E-state index in [0.717, 1.165) is 24.3 Å². The second-order valence-corrected chi connectivity index (χ2v) is 5.43. The average molecular weight is 293 g/mol. The van der Waals surface area contributed by atoms with Gasteiger partial charge < -0.3 is 19.9 Å². The van der Waals surface area contributed by atoms with Gasteiger partial charge in [0, 0.05) is 6.42 Å². The molecule has 1 aliphatic carbocycles. The van der Waals surface area contributed by atoms with Crippen LogP contribution in [0.1, 0.15) is 32.6 Å². The van der Waals surface area contributed by atoms with Gasteiger partial charge in [0.05, 0.1) is 7.11 Å². The Morgan fingerprint density at radius 1 is 1.38 bits per heavy atom. The molecule has 2 N–H and O–H groups in total. The van der Waals surface area contributed by atoms with E-state index in [4.69, 9.17) is 9.47 Å². The highest BCUT2D eigenvalue weighted by atomic mass is 16.5. The first kappa shape index (κ1) is 15.6. The molecule has 21 heavy (non-hydrogen) atoms. The summed E-state index contributed by atoms with van der Waals surface area (Å²) in [6.07, 6.45) is 2.79. The van der Waals surface area contributed by atoms with Gasteiger partial charge in [-0.25, -0.2) is 0 Å². The fraction of sp³-hybridized carbons (Fsp3) is 0.562. The molecule has 2 atom stereocenters. The monoisotopic (exact) mass is 293 g/mol. The van der Waals surface area contributed by atoms with Crippen molar-refractivity contribution in [2.24, 2.45) is 0 Å². The van der Waals surface area contributed by atoms with Crippen molar-refractivity contribution < 1.29 is 19.4 Å². The molecule has 0 bridgehead atoms. The molecule has 1 fully saturated rings. The molecule has 1 aromatic carbocycles. The number of nitrogens with one attached hydrogen (secondary N) is 1. The minimum absolute atomic E-state index is 0.0812. The lowest BCUT2D eigenvalue weighted by Gasteiger charge is -2.38. The van der Waals surface area contributed by atoms with Crippen LogP contribution in [0.25, 0.3) is 0 Å². The summed E-state index contributed by atoms with van der Waals surface area (Å²) < 4.78 is 11.1. The summed E-state index contributed by atoms with van der Waals surface area (Å²) in [5.41, 5.74) is -0.857. The molecule has 0 aliphatic heterocycles. The van der Waals surface area contributed by atoms with E-state index >= 15 is 0 Å². The first-order valence-electron chi connectivity index (χ1n) is 7.39. The molecular weight excluding hydrogens is 270 g/mol. The molecule has 2 unspecified atom stereocenters. The van der Waals surface area contributed by atoms with Gasteiger partial charge in [0.1, 0.15) is 23.1 Å². The van der Waals surface area contributed by atoms with E-state index in [-0.39, 0.29) is 6.10 Å². The number of carbonyl (C=O) groups is 1. The number of benzene rings is 1. The maximum atomic E-state index is 11.6. The lowest BCUT2D eigenvalue weighted by atomic mass is 9.80. The van der Waals surface area contributed by atoms with E-state index in [1.165, 1.54) is 0 Å². The number of carboxylic acid groups (broad SMARTS) is 1. The van der Waals surface area contributed by atoms with Crippen molar-refractivity contribution in [2.45, 2.75) is 44.2 Å². The molecule has 0 saturated heterocycles. The van der Waals surface area contributed by atoms with Crippen LogP contribution in [-0.2, 0) is 4.79 Å². The number of methoxy groups -OCH3 is 1. The maximum Gasteiger partial charge on any atom is 0.324 e. The Bertz CT molecular complexity index is 470. The molecule has 0 heterocycles. The van der Waals surface area contributed by atoms with Crippen LogP contribution in [0.3, 0.4) is 0 Å². The summed E-state index contributed by atoms with van der Waals surface area (Å²) in [5, 5.41) is 12.7. The molecule has 0 amide bonds. The van der Waals surface area contributed by atoms with Gasteiger partial charge in [0.25, 0.3) is 0 Å². The van der Waals surface area contributed by atoms with Gasteiger partial charge in [0.15, 0.2) is 0 Å². The van der Waals surface area contributed by atoms with E-state index in [0.29, 0.717) is 19.4 Å². The maximum absolute atomic E-state index is 11.6. The van der Waals surface area contributed by atoms with Crippen molar-refractivity contribution in [3.05, 3.63) is 24.3 Å². The van der Waals surface area contributed by atoms with E-state index in [1.54, 1.807) is 7.11 Å². The molecule has 5 heteroatoms. The van der Waals surface area contributed by atoms with Crippen LogP contribution in [0, 0.1) is 0 Å². The number of hydrogen-bond donors (Lipinski definition) is 2. The van der Waals surface area contributed by atoms with Crippen LogP contribution in [0.2, 0.25) is 0 Å². The van der Waals surface area contributed by atoms with E-state index in [2.05, 4.69) is 5.32 Å². The lowest BCUT2D eigenvalue weighted by Crippen LogP contribution is -2.56. The van der Waals surface area contributed by atoms with Crippen molar-refractivity contribution in [3.63, 3.8) is 0 Å². The molecule has 2 rings (SSSR count). The topological polar surface area (TPSA) is 67.8 Å². The Morgan fingerprint density at radius 3 is 2.62 bits per heavy atom. The second kappa shape index (κ2) is 6.80. The largest absolute Gasteiger partial charge is 0.497 e. The predicted octanol–water partition coefficient (Wildman–Crippen LogP) is 2.45. The Labute approximate surface area is 125 Å². The highest BCUT2D eigenvalue weighted by molar-refractivity contribution is 5.79. The van der Waals surface area contributed by atoms with Crippen molar-refractivity contribution in [3.8, 4) is 11.5 Å². The van der Waals surface area contributed by atoms with Crippen molar-refractivity contribution in [2.75, 3.05) is 13.7 Å². The summed E-state index contributed by atoms with van der Waals surface area (Å²) in [7, 11) is 1.62. The van der Waals surface area contributed by atoms with Crippen LogP contribution in [-0.4, -0.2) is 36.4 Å². The average Bonchev–Trinajstić information content (AvgIpc) is 2.48. The summed E-state index contributed by atoms with van der Waals surface area (Å²) in [4.78, 5) is 11.6. The number of rotatable bonds is 6. The zero-order valence-electron chi connectivity index (χ0n) is 12.6. The number of likely N-dealkylation sites (N-methyl/N-ethyl adjacent to an activating group) is 1. The third-order valence-corrected chi connectivity index (χ3v) is 3.99. The molecule has 116 valence electrons. The van der Waals surface area contributed by atoms with E-state index in [9.17, 15) is 9.90 Å². The van der Waals surface area contributed by atoms with Crippen LogP contribution in [0.4, 0.5) is 0 Å². The fourth-order valence-electron chi connectivity index (χ4n) is 2.94. The van der Waals surface area contributed by atoms with Crippen LogP contribution < -0.4 is 14.8 Å².